The zero-order valence-corrected chi connectivity index (χ0v) is 10.2. The molecule has 5 nitrogen and oxygen atoms in total. The highest BCUT2D eigenvalue weighted by atomic mass is 16.5. The first-order valence-corrected chi connectivity index (χ1v) is 5.73. The summed E-state index contributed by atoms with van der Waals surface area (Å²) in [7, 11) is 1.61. The van der Waals surface area contributed by atoms with Gasteiger partial charge >= 0.3 is 0 Å². The van der Waals surface area contributed by atoms with Crippen LogP contribution < -0.4 is 10.6 Å². The Balaban J connectivity index is 3.43. The van der Waals surface area contributed by atoms with Gasteiger partial charge < -0.3 is 15.4 Å². The molecule has 0 radical (unpaired) electrons. The lowest BCUT2D eigenvalue weighted by atomic mass is 10.3. The summed E-state index contributed by atoms with van der Waals surface area (Å²) in [6.07, 6.45) is 2.65. The summed E-state index contributed by atoms with van der Waals surface area (Å²) < 4.78 is 4.84. The Morgan fingerprint density at radius 3 is 2.12 bits per heavy atom. The van der Waals surface area contributed by atoms with E-state index in [1.54, 1.807) is 7.11 Å². The third kappa shape index (κ3) is 9.45. The van der Waals surface area contributed by atoms with Gasteiger partial charge in [0.05, 0.1) is 0 Å². The van der Waals surface area contributed by atoms with Crippen molar-refractivity contribution in [2.75, 3.05) is 26.8 Å². The SMILES string of the molecule is CCCCNC(=O)CC(=O)NCCCOC. The molecule has 0 saturated carbocycles. The number of unbranched alkanes of at least 4 members (excludes halogenated alkanes) is 1. The Hall–Kier alpha value is -1.10. The van der Waals surface area contributed by atoms with Gasteiger partial charge in [0.2, 0.25) is 11.8 Å². The number of carbonyl (C=O) groups is 2. The molecule has 2 amide bonds. The average Bonchev–Trinajstić information content (AvgIpc) is 2.25. The second kappa shape index (κ2) is 10.4. The molecule has 5 heteroatoms. The topological polar surface area (TPSA) is 67.4 Å². The maximum absolute atomic E-state index is 11.2. The summed E-state index contributed by atoms with van der Waals surface area (Å²) in [5.41, 5.74) is 0. The van der Waals surface area contributed by atoms with Crippen LogP contribution in [-0.4, -0.2) is 38.6 Å². The monoisotopic (exact) mass is 230 g/mol. The third-order valence-electron chi connectivity index (χ3n) is 2.02. The summed E-state index contributed by atoms with van der Waals surface area (Å²) in [6, 6.07) is 0. The number of amides is 2. The van der Waals surface area contributed by atoms with Crippen molar-refractivity contribution >= 4 is 11.8 Å². The minimum atomic E-state index is -0.231. The summed E-state index contributed by atoms with van der Waals surface area (Å²) >= 11 is 0. The van der Waals surface area contributed by atoms with E-state index in [9.17, 15) is 9.59 Å². The Bertz CT molecular complexity index is 207. The normalized spacial score (nSPS) is 9.88. The number of hydrogen-bond donors (Lipinski definition) is 2. The van der Waals surface area contributed by atoms with E-state index in [0.29, 0.717) is 19.7 Å². The van der Waals surface area contributed by atoms with Gasteiger partial charge in [0.15, 0.2) is 0 Å². The molecule has 94 valence electrons. The molecule has 0 bridgehead atoms. The zero-order valence-electron chi connectivity index (χ0n) is 10.2. The number of nitrogens with one attached hydrogen (secondary N) is 2. The van der Waals surface area contributed by atoms with Crippen LogP contribution in [0.2, 0.25) is 0 Å². The molecule has 0 aromatic rings. The maximum atomic E-state index is 11.2. The molecule has 0 aliphatic rings. The molecule has 16 heavy (non-hydrogen) atoms. The largest absolute Gasteiger partial charge is 0.385 e. The van der Waals surface area contributed by atoms with E-state index in [0.717, 1.165) is 19.3 Å². The van der Waals surface area contributed by atoms with E-state index in [2.05, 4.69) is 17.6 Å². The van der Waals surface area contributed by atoms with Crippen molar-refractivity contribution < 1.29 is 14.3 Å². The summed E-state index contributed by atoms with van der Waals surface area (Å²) in [5.74, 6) is -0.442. The third-order valence-corrected chi connectivity index (χ3v) is 2.02. The summed E-state index contributed by atoms with van der Waals surface area (Å²) in [6.45, 7) is 3.86. The molecule has 0 heterocycles. The van der Waals surface area contributed by atoms with Crippen LogP contribution in [0.15, 0.2) is 0 Å². The molecule has 0 rings (SSSR count). The minimum Gasteiger partial charge on any atom is -0.385 e. The van der Waals surface area contributed by atoms with Gasteiger partial charge in [0.1, 0.15) is 6.42 Å². The fourth-order valence-electron chi connectivity index (χ4n) is 1.12. The van der Waals surface area contributed by atoms with E-state index in [4.69, 9.17) is 4.74 Å². The highest BCUT2D eigenvalue weighted by Gasteiger charge is 2.07. The predicted molar refractivity (Wildman–Crippen MR) is 62.0 cm³/mol. The Labute approximate surface area is 96.9 Å². The van der Waals surface area contributed by atoms with E-state index in [-0.39, 0.29) is 18.2 Å². The van der Waals surface area contributed by atoms with Crippen molar-refractivity contribution in [3.05, 3.63) is 0 Å². The van der Waals surface area contributed by atoms with Gasteiger partial charge in [-0.05, 0) is 12.8 Å². The molecule has 0 aromatic heterocycles. The molecule has 0 saturated heterocycles. The van der Waals surface area contributed by atoms with Crippen molar-refractivity contribution in [1.29, 1.82) is 0 Å². The first-order valence-electron chi connectivity index (χ1n) is 5.73. The van der Waals surface area contributed by atoms with Crippen molar-refractivity contribution in [1.82, 2.24) is 10.6 Å². The molecule has 0 fully saturated rings. The van der Waals surface area contributed by atoms with Gasteiger partial charge in [-0.3, -0.25) is 9.59 Å². The molecule has 2 N–H and O–H groups in total. The van der Waals surface area contributed by atoms with Crippen LogP contribution >= 0.6 is 0 Å². The smallest absolute Gasteiger partial charge is 0.229 e. The molecule has 0 aromatic carbocycles. The van der Waals surface area contributed by atoms with Crippen molar-refractivity contribution in [3.63, 3.8) is 0 Å². The van der Waals surface area contributed by atoms with Crippen LogP contribution in [0.5, 0.6) is 0 Å². The highest BCUT2D eigenvalue weighted by Crippen LogP contribution is 1.86. The summed E-state index contributed by atoms with van der Waals surface area (Å²) in [5, 5.41) is 5.35. The maximum Gasteiger partial charge on any atom is 0.229 e. The van der Waals surface area contributed by atoms with E-state index >= 15 is 0 Å². The second-order valence-electron chi connectivity index (χ2n) is 3.58. The molecule has 0 aliphatic heterocycles. The van der Waals surface area contributed by atoms with Crippen LogP contribution in [0, 0.1) is 0 Å². The van der Waals surface area contributed by atoms with Gasteiger partial charge in [0, 0.05) is 26.8 Å². The first kappa shape index (κ1) is 14.9. The molecular weight excluding hydrogens is 208 g/mol. The van der Waals surface area contributed by atoms with Crippen molar-refractivity contribution in [2.24, 2.45) is 0 Å². The number of methoxy groups -OCH3 is 1. The van der Waals surface area contributed by atoms with E-state index in [1.165, 1.54) is 0 Å². The van der Waals surface area contributed by atoms with Crippen LogP contribution in [-0.2, 0) is 14.3 Å². The molecular formula is C11H22N2O3. The Kier molecular flexibility index (Phi) is 9.70. The van der Waals surface area contributed by atoms with E-state index in [1.807, 2.05) is 0 Å². The van der Waals surface area contributed by atoms with Crippen molar-refractivity contribution in [3.8, 4) is 0 Å². The van der Waals surface area contributed by atoms with Crippen LogP contribution in [0.1, 0.15) is 32.6 Å². The lowest BCUT2D eigenvalue weighted by molar-refractivity contribution is -0.129. The van der Waals surface area contributed by atoms with Gasteiger partial charge in [-0.25, -0.2) is 0 Å². The Morgan fingerprint density at radius 2 is 1.62 bits per heavy atom. The van der Waals surface area contributed by atoms with Crippen LogP contribution in [0.3, 0.4) is 0 Å². The van der Waals surface area contributed by atoms with Crippen LogP contribution in [0.4, 0.5) is 0 Å². The van der Waals surface area contributed by atoms with Gasteiger partial charge in [-0.15, -0.1) is 0 Å². The number of carbonyl (C=O) groups excluding carboxylic acids is 2. The molecule has 0 aliphatic carbocycles. The molecule has 0 unspecified atom stereocenters. The lowest BCUT2D eigenvalue weighted by Gasteiger charge is -2.05. The van der Waals surface area contributed by atoms with Crippen LogP contribution in [0.25, 0.3) is 0 Å². The lowest BCUT2D eigenvalue weighted by Crippen LogP contribution is -2.33. The molecule has 0 spiro atoms. The second-order valence-corrected chi connectivity index (χ2v) is 3.58. The fourth-order valence-corrected chi connectivity index (χ4v) is 1.12. The molecule has 0 atom stereocenters. The Morgan fingerprint density at radius 1 is 1.06 bits per heavy atom. The number of hydrogen-bond acceptors (Lipinski definition) is 3. The van der Waals surface area contributed by atoms with Gasteiger partial charge in [-0.2, -0.15) is 0 Å². The standard InChI is InChI=1S/C11H22N2O3/c1-3-4-6-12-10(14)9-11(15)13-7-5-8-16-2/h3-9H2,1-2H3,(H,12,14)(H,13,15). The minimum absolute atomic E-state index is 0.0866. The van der Waals surface area contributed by atoms with E-state index < -0.39 is 0 Å². The zero-order chi connectivity index (χ0) is 12.2. The highest BCUT2D eigenvalue weighted by molar-refractivity contribution is 5.96. The fraction of sp³-hybridized carbons (Fsp3) is 0.818. The first-order chi connectivity index (χ1) is 7.70. The number of rotatable bonds is 9. The number of ether oxygens (including phenoxy) is 1. The van der Waals surface area contributed by atoms with Gasteiger partial charge in [-0.1, -0.05) is 13.3 Å². The summed E-state index contributed by atoms with van der Waals surface area (Å²) in [4.78, 5) is 22.5. The van der Waals surface area contributed by atoms with Crippen molar-refractivity contribution in [2.45, 2.75) is 32.6 Å². The quantitative estimate of drug-likeness (QED) is 0.446. The average molecular weight is 230 g/mol. The van der Waals surface area contributed by atoms with Gasteiger partial charge in [0.25, 0.3) is 0 Å². The predicted octanol–water partition coefficient (Wildman–Crippen LogP) is 0.445.